The smallest absolute Gasteiger partial charge is 0.236 e. The first-order valence-electron chi connectivity index (χ1n) is 6.71. The number of rotatable bonds is 4. The van der Waals surface area contributed by atoms with Crippen LogP contribution in [0.5, 0.6) is 0 Å². The zero-order chi connectivity index (χ0) is 13.9. The molecule has 0 saturated carbocycles. The Bertz CT molecular complexity index is 414. The van der Waals surface area contributed by atoms with E-state index in [9.17, 15) is 4.79 Å². The van der Waals surface area contributed by atoms with Crippen molar-refractivity contribution >= 4 is 5.91 Å². The summed E-state index contributed by atoms with van der Waals surface area (Å²) in [6, 6.07) is 3.73. The molecule has 19 heavy (non-hydrogen) atoms. The molecule has 0 aromatic carbocycles. The van der Waals surface area contributed by atoms with E-state index in [-0.39, 0.29) is 11.4 Å². The average Bonchev–Trinajstić information content (AvgIpc) is 2.84. The Kier molecular flexibility index (Phi) is 4.27. The molecule has 2 rings (SSSR count). The van der Waals surface area contributed by atoms with Crippen LogP contribution in [0.15, 0.2) is 22.8 Å². The Morgan fingerprint density at radius 1 is 1.58 bits per heavy atom. The minimum atomic E-state index is 0.0272. The van der Waals surface area contributed by atoms with Crippen molar-refractivity contribution in [1.82, 2.24) is 15.1 Å². The lowest BCUT2D eigenvalue weighted by molar-refractivity contribution is -0.133. The molecule has 0 atom stereocenters. The molecule has 5 heteroatoms. The van der Waals surface area contributed by atoms with Crippen molar-refractivity contribution < 1.29 is 9.21 Å². The Morgan fingerprint density at radius 2 is 2.37 bits per heavy atom. The summed E-state index contributed by atoms with van der Waals surface area (Å²) in [7, 11) is 1.82. The SMILES string of the molecule is CN(Cc1ccco1)C(=O)CN1CCNCC1(C)C. The van der Waals surface area contributed by atoms with Crippen LogP contribution in [-0.2, 0) is 11.3 Å². The Hall–Kier alpha value is -1.33. The van der Waals surface area contributed by atoms with Gasteiger partial charge in [-0.2, -0.15) is 0 Å². The first-order valence-corrected chi connectivity index (χ1v) is 6.71. The van der Waals surface area contributed by atoms with E-state index in [1.807, 2.05) is 19.2 Å². The number of carbonyl (C=O) groups excluding carboxylic acids is 1. The molecule has 1 aliphatic rings. The van der Waals surface area contributed by atoms with Crippen LogP contribution in [0.2, 0.25) is 0 Å². The third-order valence-corrected chi connectivity index (χ3v) is 3.70. The van der Waals surface area contributed by atoms with Gasteiger partial charge >= 0.3 is 0 Å². The highest BCUT2D eigenvalue weighted by Crippen LogP contribution is 2.16. The summed E-state index contributed by atoms with van der Waals surface area (Å²) in [6.07, 6.45) is 1.63. The molecule has 0 bridgehead atoms. The minimum absolute atomic E-state index is 0.0272. The fraction of sp³-hybridized carbons (Fsp3) is 0.643. The van der Waals surface area contributed by atoms with Crippen LogP contribution in [0.3, 0.4) is 0 Å². The van der Waals surface area contributed by atoms with E-state index in [2.05, 4.69) is 24.1 Å². The molecule has 1 fully saturated rings. The van der Waals surface area contributed by atoms with Crippen LogP contribution in [0, 0.1) is 0 Å². The maximum Gasteiger partial charge on any atom is 0.236 e. The summed E-state index contributed by atoms with van der Waals surface area (Å²) in [5.74, 6) is 0.946. The predicted molar refractivity (Wildman–Crippen MR) is 73.7 cm³/mol. The molecule has 5 nitrogen and oxygen atoms in total. The molecule has 106 valence electrons. The predicted octanol–water partition coefficient (Wildman–Crippen LogP) is 0.922. The van der Waals surface area contributed by atoms with Gasteiger partial charge in [0.05, 0.1) is 19.4 Å². The molecule has 0 spiro atoms. The van der Waals surface area contributed by atoms with Crippen LogP contribution in [0.4, 0.5) is 0 Å². The maximum atomic E-state index is 12.2. The lowest BCUT2D eigenvalue weighted by atomic mass is 10.0. The van der Waals surface area contributed by atoms with Gasteiger partial charge in [-0.25, -0.2) is 0 Å². The lowest BCUT2D eigenvalue weighted by Crippen LogP contribution is -2.59. The van der Waals surface area contributed by atoms with E-state index in [1.165, 1.54) is 0 Å². The molecule has 0 radical (unpaired) electrons. The van der Waals surface area contributed by atoms with Crippen molar-refractivity contribution in [1.29, 1.82) is 0 Å². The van der Waals surface area contributed by atoms with Crippen LogP contribution in [0.25, 0.3) is 0 Å². The maximum absolute atomic E-state index is 12.2. The number of furan rings is 1. The highest BCUT2D eigenvalue weighted by molar-refractivity contribution is 5.78. The summed E-state index contributed by atoms with van der Waals surface area (Å²) in [4.78, 5) is 16.2. The number of nitrogens with zero attached hydrogens (tertiary/aromatic N) is 2. The topological polar surface area (TPSA) is 48.7 Å². The second kappa shape index (κ2) is 5.75. The largest absolute Gasteiger partial charge is 0.467 e. The molecule has 1 aliphatic heterocycles. The minimum Gasteiger partial charge on any atom is -0.467 e. The van der Waals surface area contributed by atoms with Crippen molar-refractivity contribution in [2.24, 2.45) is 0 Å². The van der Waals surface area contributed by atoms with E-state index in [1.54, 1.807) is 11.2 Å². The number of hydrogen-bond donors (Lipinski definition) is 1. The standard InChI is InChI=1S/C14H23N3O2/c1-14(2)11-15-6-7-17(14)10-13(18)16(3)9-12-5-4-8-19-12/h4-5,8,15H,6-7,9-11H2,1-3H3. The third kappa shape index (κ3) is 3.58. The van der Waals surface area contributed by atoms with E-state index < -0.39 is 0 Å². The quantitative estimate of drug-likeness (QED) is 0.879. The van der Waals surface area contributed by atoms with Gasteiger partial charge in [0.1, 0.15) is 5.76 Å². The number of carbonyl (C=O) groups is 1. The number of piperazine rings is 1. The van der Waals surface area contributed by atoms with Crippen molar-refractivity contribution in [2.75, 3.05) is 33.2 Å². The molecule has 1 aromatic heterocycles. The second-order valence-electron chi connectivity index (χ2n) is 5.74. The Balaban J connectivity index is 1.89. The van der Waals surface area contributed by atoms with Crippen LogP contribution >= 0.6 is 0 Å². The number of amides is 1. The highest BCUT2D eigenvalue weighted by Gasteiger charge is 2.31. The van der Waals surface area contributed by atoms with E-state index in [0.29, 0.717) is 13.1 Å². The average molecular weight is 265 g/mol. The van der Waals surface area contributed by atoms with Crippen molar-refractivity contribution in [2.45, 2.75) is 25.9 Å². The second-order valence-corrected chi connectivity index (χ2v) is 5.74. The van der Waals surface area contributed by atoms with Crippen LogP contribution in [0.1, 0.15) is 19.6 Å². The zero-order valence-electron chi connectivity index (χ0n) is 12.0. The van der Waals surface area contributed by atoms with Crippen molar-refractivity contribution in [3.63, 3.8) is 0 Å². The number of hydrogen-bond acceptors (Lipinski definition) is 4. The molecule has 2 heterocycles. The number of likely N-dealkylation sites (N-methyl/N-ethyl adjacent to an activating group) is 1. The third-order valence-electron chi connectivity index (χ3n) is 3.70. The lowest BCUT2D eigenvalue weighted by Gasteiger charge is -2.42. The molecular formula is C14H23N3O2. The number of nitrogens with one attached hydrogen (secondary N) is 1. The van der Waals surface area contributed by atoms with Crippen molar-refractivity contribution in [3.05, 3.63) is 24.2 Å². The molecule has 1 amide bonds. The molecule has 1 aromatic rings. The van der Waals surface area contributed by atoms with Gasteiger partial charge in [-0.15, -0.1) is 0 Å². The first kappa shape index (κ1) is 14.1. The van der Waals surface area contributed by atoms with Gasteiger partial charge in [0.2, 0.25) is 5.91 Å². The molecule has 1 N–H and O–H groups in total. The van der Waals surface area contributed by atoms with E-state index in [0.717, 1.165) is 25.4 Å². The Morgan fingerprint density at radius 3 is 3.00 bits per heavy atom. The summed E-state index contributed by atoms with van der Waals surface area (Å²) in [5, 5.41) is 3.36. The van der Waals surface area contributed by atoms with Crippen LogP contribution < -0.4 is 5.32 Å². The fourth-order valence-electron chi connectivity index (χ4n) is 2.32. The van der Waals surface area contributed by atoms with Gasteiger partial charge in [-0.3, -0.25) is 9.69 Å². The zero-order valence-corrected chi connectivity index (χ0v) is 12.0. The summed E-state index contributed by atoms with van der Waals surface area (Å²) in [6.45, 7) is 8.09. The monoisotopic (exact) mass is 265 g/mol. The highest BCUT2D eigenvalue weighted by atomic mass is 16.3. The van der Waals surface area contributed by atoms with Gasteiger partial charge < -0.3 is 14.6 Å². The van der Waals surface area contributed by atoms with Gasteiger partial charge in [-0.1, -0.05) is 0 Å². The van der Waals surface area contributed by atoms with Crippen molar-refractivity contribution in [3.8, 4) is 0 Å². The molecular weight excluding hydrogens is 242 g/mol. The van der Waals surface area contributed by atoms with Gasteiger partial charge in [-0.05, 0) is 26.0 Å². The first-order chi connectivity index (χ1) is 8.99. The summed E-state index contributed by atoms with van der Waals surface area (Å²) in [5.41, 5.74) is 0.0272. The molecule has 0 aliphatic carbocycles. The van der Waals surface area contributed by atoms with E-state index in [4.69, 9.17) is 4.42 Å². The molecule has 0 unspecified atom stereocenters. The van der Waals surface area contributed by atoms with Gasteiger partial charge in [0.25, 0.3) is 0 Å². The van der Waals surface area contributed by atoms with Crippen LogP contribution in [-0.4, -0.2) is 54.5 Å². The fourth-order valence-corrected chi connectivity index (χ4v) is 2.32. The normalized spacial score (nSPS) is 19.3. The summed E-state index contributed by atoms with van der Waals surface area (Å²) < 4.78 is 5.27. The van der Waals surface area contributed by atoms with Gasteiger partial charge in [0, 0.05) is 32.2 Å². The van der Waals surface area contributed by atoms with E-state index >= 15 is 0 Å². The molecule has 1 saturated heterocycles. The van der Waals surface area contributed by atoms with Gasteiger partial charge in [0.15, 0.2) is 0 Å². The Labute approximate surface area is 114 Å². The summed E-state index contributed by atoms with van der Waals surface area (Å²) >= 11 is 0.